The van der Waals surface area contributed by atoms with Crippen LogP contribution in [0.4, 0.5) is 0 Å². The summed E-state index contributed by atoms with van der Waals surface area (Å²) < 4.78 is 33.8. The molecule has 0 aliphatic carbocycles. The van der Waals surface area contributed by atoms with Crippen LogP contribution in [-0.2, 0) is 26.3 Å². The Morgan fingerprint density at radius 3 is 2.48 bits per heavy atom. The van der Waals surface area contributed by atoms with E-state index in [-0.39, 0.29) is 31.5 Å². The lowest BCUT2D eigenvalue weighted by Gasteiger charge is -2.34. The second-order valence-electron chi connectivity index (χ2n) is 6.04. The molecule has 0 atom stereocenters. The maximum Gasteiger partial charge on any atom is 0.309 e. The van der Waals surface area contributed by atoms with E-state index >= 15 is 0 Å². The molecule has 1 aromatic carbocycles. The largest absolute Gasteiger partial charge is 0.466 e. The second kappa shape index (κ2) is 9.28. The minimum absolute atomic E-state index is 0.219. The Balaban J connectivity index is 2.04. The molecule has 140 valence electrons. The minimum Gasteiger partial charge on any atom is -0.466 e. The van der Waals surface area contributed by atoms with Crippen LogP contribution in [0.15, 0.2) is 30.3 Å². The summed E-state index contributed by atoms with van der Waals surface area (Å²) in [6, 6.07) is 9.45. The molecule has 0 aromatic heterocycles. The van der Waals surface area contributed by atoms with Gasteiger partial charge in [-0.05, 0) is 25.3 Å². The van der Waals surface area contributed by atoms with E-state index in [9.17, 15) is 13.2 Å². The molecule has 0 saturated carbocycles. The van der Waals surface area contributed by atoms with E-state index in [0.717, 1.165) is 5.56 Å². The quantitative estimate of drug-likeness (QED) is 0.689. The molecule has 1 aliphatic heterocycles. The van der Waals surface area contributed by atoms with Gasteiger partial charge in [-0.2, -0.15) is 17.0 Å². The van der Waals surface area contributed by atoms with Crippen molar-refractivity contribution in [2.24, 2.45) is 11.7 Å². The average molecular weight is 369 g/mol. The first-order valence-electron chi connectivity index (χ1n) is 8.65. The van der Waals surface area contributed by atoms with Gasteiger partial charge in [-0.25, -0.2) is 0 Å². The van der Waals surface area contributed by atoms with Crippen LogP contribution < -0.4 is 5.73 Å². The zero-order valence-electron chi connectivity index (χ0n) is 14.6. The van der Waals surface area contributed by atoms with E-state index in [1.165, 1.54) is 8.61 Å². The third-order valence-corrected chi connectivity index (χ3v) is 6.29. The first-order valence-corrected chi connectivity index (χ1v) is 10.0. The lowest BCUT2D eigenvalue weighted by atomic mass is 9.98. The molecule has 0 spiro atoms. The highest BCUT2D eigenvalue weighted by Crippen LogP contribution is 2.23. The lowest BCUT2D eigenvalue weighted by Crippen LogP contribution is -2.48. The Bertz CT molecular complexity index is 643. The highest BCUT2D eigenvalue weighted by molar-refractivity contribution is 7.86. The average Bonchev–Trinajstić information content (AvgIpc) is 2.62. The molecule has 1 saturated heterocycles. The summed E-state index contributed by atoms with van der Waals surface area (Å²) in [7, 11) is -3.61. The standard InChI is InChI=1S/C17H27N3O4S/c1-2-24-17(21)16-8-11-19(12-9-16)25(22,23)20(13-10-18)14-15-6-4-3-5-7-15/h3-7,16H,2,8-14,18H2,1H3. The number of ether oxygens (including phenoxy) is 1. The molecule has 2 rings (SSSR count). The monoisotopic (exact) mass is 369 g/mol. The molecule has 0 bridgehead atoms. The van der Waals surface area contributed by atoms with Gasteiger partial charge in [0.1, 0.15) is 0 Å². The van der Waals surface area contributed by atoms with E-state index in [2.05, 4.69) is 0 Å². The van der Waals surface area contributed by atoms with Gasteiger partial charge < -0.3 is 10.5 Å². The van der Waals surface area contributed by atoms with Crippen LogP contribution in [0.3, 0.4) is 0 Å². The molecule has 25 heavy (non-hydrogen) atoms. The van der Waals surface area contributed by atoms with Crippen molar-refractivity contribution in [2.45, 2.75) is 26.3 Å². The van der Waals surface area contributed by atoms with Crippen molar-refractivity contribution in [2.75, 3.05) is 32.8 Å². The number of nitrogens with zero attached hydrogens (tertiary/aromatic N) is 2. The molecule has 0 amide bonds. The molecular formula is C17H27N3O4S. The molecule has 2 N–H and O–H groups in total. The zero-order valence-corrected chi connectivity index (χ0v) is 15.5. The van der Waals surface area contributed by atoms with Crippen LogP contribution in [0, 0.1) is 5.92 Å². The Hall–Kier alpha value is -1.48. The molecule has 1 aliphatic rings. The summed E-state index contributed by atoms with van der Waals surface area (Å²) >= 11 is 0. The van der Waals surface area contributed by atoms with Gasteiger partial charge >= 0.3 is 5.97 Å². The van der Waals surface area contributed by atoms with Crippen molar-refractivity contribution < 1.29 is 17.9 Å². The Kier molecular flexibility index (Phi) is 7.37. The fourth-order valence-corrected chi connectivity index (χ4v) is 4.60. The van der Waals surface area contributed by atoms with Crippen molar-refractivity contribution in [1.82, 2.24) is 8.61 Å². The molecule has 8 heteroatoms. The number of rotatable bonds is 8. The highest BCUT2D eigenvalue weighted by atomic mass is 32.2. The maximum atomic E-state index is 13.0. The van der Waals surface area contributed by atoms with E-state index in [4.69, 9.17) is 10.5 Å². The highest BCUT2D eigenvalue weighted by Gasteiger charge is 2.35. The Morgan fingerprint density at radius 1 is 1.28 bits per heavy atom. The van der Waals surface area contributed by atoms with E-state index in [1.54, 1.807) is 6.92 Å². The van der Waals surface area contributed by atoms with Gasteiger partial charge in [0.2, 0.25) is 0 Å². The topological polar surface area (TPSA) is 92.9 Å². The molecule has 1 heterocycles. The van der Waals surface area contributed by atoms with Crippen LogP contribution >= 0.6 is 0 Å². The summed E-state index contributed by atoms with van der Waals surface area (Å²) in [6.45, 7) is 3.56. The minimum atomic E-state index is -3.61. The van der Waals surface area contributed by atoms with Gasteiger partial charge in [0.05, 0.1) is 12.5 Å². The number of benzene rings is 1. The first kappa shape index (κ1) is 19.8. The smallest absolute Gasteiger partial charge is 0.309 e. The number of hydrogen-bond acceptors (Lipinski definition) is 5. The Labute approximate surface area is 149 Å². The van der Waals surface area contributed by atoms with Crippen LogP contribution in [0.1, 0.15) is 25.3 Å². The Morgan fingerprint density at radius 2 is 1.92 bits per heavy atom. The number of esters is 1. The molecule has 1 fully saturated rings. The number of piperidine rings is 1. The van der Waals surface area contributed by atoms with Crippen molar-refractivity contribution in [3.63, 3.8) is 0 Å². The normalized spacial score (nSPS) is 16.9. The number of carbonyl (C=O) groups is 1. The van der Waals surface area contributed by atoms with Crippen molar-refractivity contribution in [3.05, 3.63) is 35.9 Å². The van der Waals surface area contributed by atoms with Crippen LogP contribution in [-0.4, -0.2) is 55.8 Å². The van der Waals surface area contributed by atoms with Gasteiger partial charge in [0.15, 0.2) is 0 Å². The summed E-state index contributed by atoms with van der Waals surface area (Å²) in [5.41, 5.74) is 6.54. The number of carbonyl (C=O) groups excluding carboxylic acids is 1. The van der Waals surface area contributed by atoms with E-state index < -0.39 is 10.2 Å². The molecule has 0 radical (unpaired) electrons. The van der Waals surface area contributed by atoms with Crippen molar-refractivity contribution in [1.29, 1.82) is 0 Å². The van der Waals surface area contributed by atoms with Gasteiger partial charge in [-0.15, -0.1) is 0 Å². The van der Waals surface area contributed by atoms with Gasteiger partial charge in [-0.1, -0.05) is 30.3 Å². The van der Waals surface area contributed by atoms with E-state index in [1.807, 2.05) is 30.3 Å². The summed E-state index contributed by atoms with van der Waals surface area (Å²) in [6.07, 6.45) is 0.972. The maximum absolute atomic E-state index is 13.0. The molecular weight excluding hydrogens is 342 g/mol. The number of nitrogens with two attached hydrogens (primary N) is 1. The van der Waals surface area contributed by atoms with Crippen molar-refractivity contribution >= 4 is 16.2 Å². The molecule has 7 nitrogen and oxygen atoms in total. The summed E-state index contributed by atoms with van der Waals surface area (Å²) in [5.74, 6) is -0.453. The predicted octanol–water partition coefficient (Wildman–Crippen LogP) is 0.967. The first-order chi connectivity index (χ1) is 12.0. The molecule has 0 unspecified atom stereocenters. The predicted molar refractivity (Wildman–Crippen MR) is 95.8 cm³/mol. The fraction of sp³-hybridized carbons (Fsp3) is 0.588. The van der Waals surface area contributed by atoms with E-state index in [0.29, 0.717) is 32.5 Å². The molecule has 1 aromatic rings. The van der Waals surface area contributed by atoms with Crippen LogP contribution in [0.5, 0.6) is 0 Å². The SMILES string of the molecule is CCOC(=O)C1CCN(S(=O)(=O)N(CCN)Cc2ccccc2)CC1. The van der Waals surface area contributed by atoms with Gasteiger partial charge in [0, 0.05) is 32.7 Å². The second-order valence-corrected chi connectivity index (χ2v) is 7.97. The summed E-state index contributed by atoms with van der Waals surface area (Å²) in [5, 5.41) is 0. The summed E-state index contributed by atoms with van der Waals surface area (Å²) in [4.78, 5) is 11.8. The number of hydrogen-bond donors (Lipinski definition) is 1. The van der Waals surface area contributed by atoms with Crippen LogP contribution in [0.2, 0.25) is 0 Å². The third kappa shape index (κ3) is 5.24. The van der Waals surface area contributed by atoms with Gasteiger partial charge in [-0.3, -0.25) is 4.79 Å². The van der Waals surface area contributed by atoms with Gasteiger partial charge in [0.25, 0.3) is 10.2 Å². The lowest BCUT2D eigenvalue weighted by molar-refractivity contribution is -0.149. The third-order valence-electron chi connectivity index (χ3n) is 4.31. The van der Waals surface area contributed by atoms with Crippen LogP contribution in [0.25, 0.3) is 0 Å². The zero-order chi connectivity index (χ0) is 18.3. The van der Waals surface area contributed by atoms with Crippen molar-refractivity contribution in [3.8, 4) is 0 Å². The fourth-order valence-electron chi connectivity index (χ4n) is 2.95.